The maximum absolute atomic E-state index is 6.20. The van der Waals surface area contributed by atoms with Crippen molar-refractivity contribution in [1.82, 2.24) is 0 Å². The van der Waals surface area contributed by atoms with Gasteiger partial charge in [-0.3, -0.25) is 0 Å². The zero-order chi connectivity index (χ0) is 15.4. The van der Waals surface area contributed by atoms with E-state index in [1.807, 2.05) is 27.7 Å². The third kappa shape index (κ3) is 2.98. The zero-order valence-corrected chi connectivity index (χ0v) is 15.0. The summed E-state index contributed by atoms with van der Waals surface area (Å²) in [5.74, 6) is -1.28. The van der Waals surface area contributed by atoms with Gasteiger partial charge >= 0.3 is 0 Å². The number of hydrogen-bond acceptors (Lipinski definition) is 7. The smallest absolute Gasteiger partial charge is 0.190 e. The van der Waals surface area contributed by atoms with Crippen molar-refractivity contribution in [1.29, 1.82) is 0 Å². The molecule has 0 aromatic heterocycles. The molecule has 5 atom stereocenters. The van der Waals surface area contributed by atoms with E-state index in [2.05, 4.69) is 12.5 Å². The topological polar surface area (TPSA) is 46.2 Å². The van der Waals surface area contributed by atoms with Crippen molar-refractivity contribution >= 4 is 23.5 Å². The Morgan fingerprint density at radius 2 is 1.29 bits per heavy atom. The third-order valence-corrected chi connectivity index (χ3v) is 6.54. The summed E-state index contributed by atoms with van der Waals surface area (Å²) in [6, 6.07) is 0. The fourth-order valence-electron chi connectivity index (χ4n) is 3.23. The van der Waals surface area contributed by atoms with E-state index in [4.69, 9.17) is 23.7 Å². The largest absolute Gasteiger partial charge is 0.342 e. The van der Waals surface area contributed by atoms with Gasteiger partial charge in [0, 0.05) is 0 Å². The summed E-state index contributed by atoms with van der Waals surface area (Å²) in [6.07, 6.45) is 3.15. The Hall–Kier alpha value is 0.500. The highest BCUT2D eigenvalue weighted by molar-refractivity contribution is 8.16. The molecule has 21 heavy (non-hydrogen) atoms. The molecule has 3 saturated heterocycles. The first-order chi connectivity index (χ1) is 9.76. The lowest BCUT2D eigenvalue weighted by Crippen LogP contribution is -2.57. The van der Waals surface area contributed by atoms with Gasteiger partial charge in [-0.25, -0.2) is 0 Å². The first kappa shape index (κ1) is 16.4. The Kier molecular flexibility index (Phi) is 4.32. The second-order valence-corrected chi connectivity index (χ2v) is 8.73. The first-order valence-corrected chi connectivity index (χ1v) is 9.76. The SMILES string of the molecule is CSC(SC)[C@@H]1O[C@H]2OC(C)(C)O[C@H]2[C@@H]2OC(C)(C)O[C@@H]21. The maximum Gasteiger partial charge on any atom is 0.190 e. The normalized spacial score (nSPS) is 43.9. The van der Waals surface area contributed by atoms with Crippen LogP contribution in [0.5, 0.6) is 0 Å². The number of thioether (sulfide) groups is 2. The standard InChI is InChI=1S/C14H24O5S2/c1-13(2)16-7-8(17-13)10(12(20-5)21-6)15-11-9(7)18-14(3,4)19-11/h7-12H,1-6H3/t7-,8+,9+,10-,11+/m1/s1. The van der Waals surface area contributed by atoms with Crippen LogP contribution in [0, 0.1) is 0 Å². The molecule has 3 heterocycles. The van der Waals surface area contributed by atoms with Crippen LogP contribution in [0.3, 0.4) is 0 Å². The van der Waals surface area contributed by atoms with Crippen LogP contribution in [-0.2, 0) is 23.7 Å². The summed E-state index contributed by atoms with van der Waals surface area (Å²) in [5, 5.41) is 0. The number of fused-ring (bicyclic) bond motifs is 3. The predicted molar refractivity (Wildman–Crippen MR) is 83.3 cm³/mol. The molecule has 0 unspecified atom stereocenters. The highest BCUT2D eigenvalue weighted by Crippen LogP contribution is 2.46. The van der Waals surface area contributed by atoms with Crippen molar-refractivity contribution in [3.05, 3.63) is 0 Å². The fourth-order valence-corrected chi connectivity index (χ4v) is 4.97. The highest BCUT2D eigenvalue weighted by Gasteiger charge is 2.61. The van der Waals surface area contributed by atoms with E-state index < -0.39 is 17.9 Å². The molecule has 0 bridgehead atoms. The summed E-state index contributed by atoms with van der Waals surface area (Å²) in [6.45, 7) is 7.68. The van der Waals surface area contributed by atoms with Crippen molar-refractivity contribution in [3.8, 4) is 0 Å². The molecule has 0 spiro atoms. The highest BCUT2D eigenvalue weighted by atomic mass is 32.2. The van der Waals surface area contributed by atoms with Crippen LogP contribution >= 0.6 is 23.5 Å². The van der Waals surface area contributed by atoms with Gasteiger partial charge in [0.05, 0.1) is 4.58 Å². The minimum atomic E-state index is -0.654. The monoisotopic (exact) mass is 336 g/mol. The second kappa shape index (κ2) is 5.54. The van der Waals surface area contributed by atoms with E-state index in [0.717, 1.165) is 0 Å². The molecular weight excluding hydrogens is 312 g/mol. The van der Waals surface area contributed by atoms with E-state index in [0.29, 0.717) is 0 Å². The molecule has 0 aromatic rings. The quantitative estimate of drug-likeness (QED) is 0.734. The van der Waals surface area contributed by atoms with E-state index in [9.17, 15) is 0 Å². The Morgan fingerprint density at radius 1 is 0.762 bits per heavy atom. The molecule has 0 N–H and O–H groups in total. The lowest BCUT2D eigenvalue weighted by atomic mass is 10.00. The average Bonchev–Trinajstić information content (AvgIpc) is 2.85. The van der Waals surface area contributed by atoms with Crippen LogP contribution in [0.1, 0.15) is 27.7 Å². The van der Waals surface area contributed by atoms with Crippen LogP contribution in [0.2, 0.25) is 0 Å². The predicted octanol–water partition coefficient (Wildman–Crippen LogP) is 2.44. The van der Waals surface area contributed by atoms with Crippen LogP contribution < -0.4 is 0 Å². The van der Waals surface area contributed by atoms with Gasteiger partial charge in [0.25, 0.3) is 0 Å². The second-order valence-electron chi connectivity index (χ2n) is 6.47. The molecule has 0 aliphatic carbocycles. The first-order valence-electron chi connectivity index (χ1n) is 7.19. The minimum absolute atomic E-state index is 0.0828. The molecule has 7 heteroatoms. The van der Waals surface area contributed by atoms with Crippen LogP contribution in [-0.4, -0.2) is 59.4 Å². The van der Waals surface area contributed by atoms with E-state index >= 15 is 0 Å². The van der Waals surface area contributed by atoms with Gasteiger partial charge in [-0.05, 0) is 40.2 Å². The Balaban J connectivity index is 1.88. The molecular formula is C14H24O5S2. The molecule has 3 fully saturated rings. The lowest BCUT2D eigenvalue weighted by Gasteiger charge is -2.39. The van der Waals surface area contributed by atoms with Crippen LogP contribution in [0.15, 0.2) is 0 Å². The number of rotatable bonds is 3. The third-order valence-electron chi connectivity index (χ3n) is 3.92. The number of ether oxygens (including phenoxy) is 5. The molecule has 5 nitrogen and oxygen atoms in total. The van der Waals surface area contributed by atoms with E-state index in [1.165, 1.54) is 0 Å². The summed E-state index contributed by atoms with van der Waals surface area (Å²) in [7, 11) is 0. The van der Waals surface area contributed by atoms with Crippen LogP contribution in [0.25, 0.3) is 0 Å². The molecule has 0 saturated carbocycles. The summed E-state index contributed by atoms with van der Waals surface area (Å²) < 4.78 is 30.6. The van der Waals surface area contributed by atoms with Gasteiger partial charge < -0.3 is 23.7 Å². The Morgan fingerprint density at radius 3 is 1.90 bits per heavy atom. The van der Waals surface area contributed by atoms with Gasteiger partial charge in [-0.2, -0.15) is 0 Å². The van der Waals surface area contributed by atoms with Gasteiger partial charge in [0.15, 0.2) is 17.9 Å². The van der Waals surface area contributed by atoms with E-state index in [-0.39, 0.29) is 29.0 Å². The lowest BCUT2D eigenvalue weighted by molar-refractivity contribution is -0.229. The molecule has 122 valence electrons. The molecule has 0 amide bonds. The van der Waals surface area contributed by atoms with Crippen LogP contribution in [0.4, 0.5) is 0 Å². The van der Waals surface area contributed by atoms with Crippen molar-refractivity contribution in [2.24, 2.45) is 0 Å². The van der Waals surface area contributed by atoms with Gasteiger partial charge in [-0.15, -0.1) is 23.5 Å². The summed E-state index contributed by atoms with van der Waals surface area (Å²) in [5.41, 5.74) is 0. The maximum atomic E-state index is 6.20. The molecule has 0 aromatic carbocycles. The number of hydrogen-bond donors (Lipinski definition) is 0. The molecule has 3 aliphatic rings. The van der Waals surface area contributed by atoms with Gasteiger partial charge in [0.1, 0.15) is 24.4 Å². The van der Waals surface area contributed by atoms with Crippen molar-refractivity contribution < 1.29 is 23.7 Å². The Bertz CT molecular complexity index is 388. The fraction of sp³-hybridized carbons (Fsp3) is 1.00. The minimum Gasteiger partial charge on any atom is -0.342 e. The van der Waals surface area contributed by atoms with Gasteiger partial charge in [0.2, 0.25) is 0 Å². The van der Waals surface area contributed by atoms with E-state index in [1.54, 1.807) is 23.5 Å². The average molecular weight is 336 g/mol. The molecule has 0 radical (unpaired) electrons. The van der Waals surface area contributed by atoms with Gasteiger partial charge in [-0.1, -0.05) is 0 Å². The van der Waals surface area contributed by atoms with Crippen molar-refractivity contribution in [3.63, 3.8) is 0 Å². The summed E-state index contributed by atoms with van der Waals surface area (Å²) in [4.78, 5) is 0. The molecule has 3 rings (SSSR count). The van der Waals surface area contributed by atoms with Crippen molar-refractivity contribution in [2.45, 2.75) is 74.6 Å². The molecule has 3 aliphatic heterocycles. The summed E-state index contributed by atoms with van der Waals surface area (Å²) >= 11 is 3.53. The van der Waals surface area contributed by atoms with Crippen molar-refractivity contribution in [2.75, 3.05) is 12.5 Å². The Labute approximate surface area is 134 Å². The zero-order valence-electron chi connectivity index (χ0n) is 13.3.